The molecule has 0 fully saturated rings. The van der Waals surface area contributed by atoms with Crippen molar-refractivity contribution in [1.29, 1.82) is 0 Å². The van der Waals surface area contributed by atoms with Gasteiger partial charge in [0.2, 0.25) is 0 Å². The first-order valence-electron chi connectivity index (χ1n) is 7.26. The second-order valence-electron chi connectivity index (χ2n) is 5.22. The van der Waals surface area contributed by atoms with Crippen LogP contribution in [0, 0.1) is 0 Å². The normalized spacial score (nSPS) is 10.6. The average Bonchev–Trinajstić information content (AvgIpc) is 2.45. The van der Waals surface area contributed by atoms with Gasteiger partial charge in [0.25, 0.3) is 0 Å². The van der Waals surface area contributed by atoms with Gasteiger partial charge in [0.15, 0.2) is 0 Å². The summed E-state index contributed by atoms with van der Waals surface area (Å²) in [4.78, 5) is 0. The third-order valence-electron chi connectivity index (χ3n) is 3.13. The van der Waals surface area contributed by atoms with Gasteiger partial charge >= 0.3 is 0 Å². The standard InChI is InChI=1S/C18H23NO/c1-4-15-8-10-17(11-9-15)19-13-16-6-5-7-18(12-16)20-14(2)3/h5-12,14,19H,4,13H2,1-3H3. The van der Waals surface area contributed by atoms with E-state index in [1.54, 1.807) is 0 Å². The Labute approximate surface area is 121 Å². The Balaban J connectivity index is 1.95. The highest BCUT2D eigenvalue weighted by Gasteiger charge is 2.00. The predicted molar refractivity (Wildman–Crippen MR) is 85.4 cm³/mol. The molecule has 20 heavy (non-hydrogen) atoms. The molecule has 0 heterocycles. The summed E-state index contributed by atoms with van der Waals surface area (Å²) in [5, 5.41) is 3.44. The molecule has 0 bridgehead atoms. The minimum Gasteiger partial charge on any atom is -0.491 e. The molecular weight excluding hydrogens is 246 g/mol. The molecule has 0 saturated carbocycles. The van der Waals surface area contributed by atoms with Crippen LogP contribution in [0.15, 0.2) is 48.5 Å². The van der Waals surface area contributed by atoms with E-state index in [-0.39, 0.29) is 6.10 Å². The van der Waals surface area contributed by atoms with Gasteiger partial charge < -0.3 is 10.1 Å². The number of rotatable bonds is 6. The smallest absolute Gasteiger partial charge is 0.120 e. The molecule has 0 aliphatic rings. The largest absolute Gasteiger partial charge is 0.491 e. The van der Waals surface area contributed by atoms with E-state index in [1.165, 1.54) is 11.1 Å². The molecule has 0 radical (unpaired) electrons. The summed E-state index contributed by atoms with van der Waals surface area (Å²) in [6.45, 7) is 7.06. The number of aryl methyl sites for hydroxylation is 1. The van der Waals surface area contributed by atoms with Gasteiger partial charge in [0.05, 0.1) is 6.10 Å². The zero-order valence-electron chi connectivity index (χ0n) is 12.5. The van der Waals surface area contributed by atoms with Crippen LogP contribution in [0.2, 0.25) is 0 Å². The van der Waals surface area contributed by atoms with Gasteiger partial charge in [-0.1, -0.05) is 31.2 Å². The Morgan fingerprint density at radius 1 is 1.00 bits per heavy atom. The highest BCUT2D eigenvalue weighted by Crippen LogP contribution is 2.17. The fraction of sp³-hybridized carbons (Fsp3) is 0.333. The van der Waals surface area contributed by atoms with E-state index >= 15 is 0 Å². The molecule has 2 heteroatoms. The number of hydrogen-bond acceptors (Lipinski definition) is 2. The molecule has 0 saturated heterocycles. The van der Waals surface area contributed by atoms with Gasteiger partial charge in [-0.25, -0.2) is 0 Å². The van der Waals surface area contributed by atoms with Crippen molar-refractivity contribution in [2.24, 2.45) is 0 Å². The molecule has 0 amide bonds. The van der Waals surface area contributed by atoms with E-state index in [0.717, 1.165) is 24.4 Å². The Bertz CT molecular complexity index is 531. The van der Waals surface area contributed by atoms with Crippen LogP contribution >= 0.6 is 0 Å². The van der Waals surface area contributed by atoms with Crippen LogP contribution in [-0.4, -0.2) is 6.10 Å². The van der Waals surface area contributed by atoms with Crippen molar-refractivity contribution in [2.75, 3.05) is 5.32 Å². The molecule has 2 aromatic carbocycles. The van der Waals surface area contributed by atoms with Crippen molar-refractivity contribution in [3.8, 4) is 5.75 Å². The van der Waals surface area contributed by atoms with Gasteiger partial charge in [-0.3, -0.25) is 0 Å². The van der Waals surface area contributed by atoms with Crippen LogP contribution in [0.3, 0.4) is 0 Å². The van der Waals surface area contributed by atoms with Gasteiger partial charge in [-0.15, -0.1) is 0 Å². The van der Waals surface area contributed by atoms with E-state index in [2.05, 4.69) is 48.6 Å². The molecule has 0 atom stereocenters. The van der Waals surface area contributed by atoms with Crippen LogP contribution in [0.25, 0.3) is 0 Å². The van der Waals surface area contributed by atoms with E-state index in [4.69, 9.17) is 4.74 Å². The highest BCUT2D eigenvalue weighted by atomic mass is 16.5. The minimum atomic E-state index is 0.208. The SMILES string of the molecule is CCc1ccc(NCc2cccc(OC(C)C)c2)cc1. The maximum atomic E-state index is 5.71. The van der Waals surface area contributed by atoms with Crippen LogP contribution < -0.4 is 10.1 Å². The number of nitrogens with one attached hydrogen (secondary N) is 1. The predicted octanol–water partition coefficient (Wildman–Crippen LogP) is 4.65. The maximum absolute atomic E-state index is 5.71. The summed E-state index contributed by atoms with van der Waals surface area (Å²) in [6, 6.07) is 16.8. The number of ether oxygens (including phenoxy) is 1. The monoisotopic (exact) mass is 269 g/mol. The minimum absolute atomic E-state index is 0.208. The molecule has 2 rings (SSSR count). The lowest BCUT2D eigenvalue weighted by molar-refractivity contribution is 0.242. The van der Waals surface area contributed by atoms with Gasteiger partial charge in [-0.2, -0.15) is 0 Å². The Hall–Kier alpha value is -1.96. The lowest BCUT2D eigenvalue weighted by atomic mass is 10.1. The van der Waals surface area contributed by atoms with Gasteiger partial charge in [-0.05, 0) is 55.7 Å². The molecule has 0 aliphatic heterocycles. The third-order valence-corrected chi connectivity index (χ3v) is 3.13. The van der Waals surface area contributed by atoms with Crippen molar-refractivity contribution >= 4 is 5.69 Å². The van der Waals surface area contributed by atoms with Crippen molar-refractivity contribution < 1.29 is 4.74 Å². The lowest BCUT2D eigenvalue weighted by Crippen LogP contribution is -2.06. The van der Waals surface area contributed by atoms with Crippen molar-refractivity contribution in [2.45, 2.75) is 39.8 Å². The number of benzene rings is 2. The molecule has 2 aromatic rings. The van der Waals surface area contributed by atoms with Crippen molar-refractivity contribution in [1.82, 2.24) is 0 Å². The summed E-state index contributed by atoms with van der Waals surface area (Å²) in [7, 11) is 0. The second kappa shape index (κ2) is 6.99. The second-order valence-corrected chi connectivity index (χ2v) is 5.22. The first-order chi connectivity index (χ1) is 9.67. The summed E-state index contributed by atoms with van der Waals surface area (Å²) < 4.78 is 5.71. The van der Waals surface area contributed by atoms with E-state index < -0.39 is 0 Å². The molecule has 0 spiro atoms. The van der Waals surface area contributed by atoms with E-state index in [0.29, 0.717) is 0 Å². The Kier molecular flexibility index (Phi) is 5.05. The topological polar surface area (TPSA) is 21.3 Å². The molecular formula is C18H23NO. The van der Waals surface area contributed by atoms with Crippen LogP contribution in [0.5, 0.6) is 5.75 Å². The van der Waals surface area contributed by atoms with E-state index in [9.17, 15) is 0 Å². The maximum Gasteiger partial charge on any atom is 0.120 e. The summed E-state index contributed by atoms with van der Waals surface area (Å²) in [5.74, 6) is 0.931. The molecule has 1 N–H and O–H groups in total. The van der Waals surface area contributed by atoms with Gasteiger partial charge in [0, 0.05) is 12.2 Å². The quantitative estimate of drug-likeness (QED) is 0.824. The Morgan fingerprint density at radius 3 is 2.40 bits per heavy atom. The van der Waals surface area contributed by atoms with E-state index in [1.807, 2.05) is 26.0 Å². The van der Waals surface area contributed by atoms with Crippen LogP contribution in [0.4, 0.5) is 5.69 Å². The average molecular weight is 269 g/mol. The summed E-state index contributed by atoms with van der Waals surface area (Å²) in [6.07, 6.45) is 1.29. The van der Waals surface area contributed by atoms with Gasteiger partial charge in [0.1, 0.15) is 5.75 Å². The first kappa shape index (κ1) is 14.4. The van der Waals surface area contributed by atoms with Crippen LogP contribution in [0.1, 0.15) is 31.9 Å². The summed E-state index contributed by atoms with van der Waals surface area (Å²) >= 11 is 0. The third kappa shape index (κ3) is 4.30. The zero-order valence-corrected chi connectivity index (χ0v) is 12.5. The summed E-state index contributed by atoms with van der Waals surface area (Å²) in [5.41, 5.74) is 3.74. The molecule has 2 nitrogen and oxygen atoms in total. The number of anilines is 1. The number of hydrogen-bond donors (Lipinski definition) is 1. The van der Waals surface area contributed by atoms with Crippen molar-refractivity contribution in [3.05, 3.63) is 59.7 Å². The first-order valence-corrected chi connectivity index (χ1v) is 7.26. The van der Waals surface area contributed by atoms with Crippen molar-refractivity contribution in [3.63, 3.8) is 0 Å². The zero-order chi connectivity index (χ0) is 14.4. The fourth-order valence-electron chi connectivity index (χ4n) is 2.06. The fourth-order valence-corrected chi connectivity index (χ4v) is 2.06. The molecule has 0 aromatic heterocycles. The van der Waals surface area contributed by atoms with Crippen LogP contribution in [-0.2, 0) is 13.0 Å². The molecule has 0 aliphatic carbocycles. The highest BCUT2D eigenvalue weighted by molar-refractivity contribution is 5.45. The molecule has 0 unspecified atom stereocenters. The Morgan fingerprint density at radius 2 is 1.75 bits per heavy atom. The lowest BCUT2D eigenvalue weighted by Gasteiger charge is -2.12. The molecule has 106 valence electrons.